The lowest BCUT2D eigenvalue weighted by Gasteiger charge is -2.15. The average molecular weight is 458 g/mol. The number of aryl methyl sites for hydroxylation is 1. The molecule has 0 unspecified atom stereocenters. The first-order valence-corrected chi connectivity index (χ1v) is 11.3. The van der Waals surface area contributed by atoms with Crippen molar-refractivity contribution in [1.82, 2.24) is 4.57 Å². The third kappa shape index (κ3) is 5.02. The summed E-state index contributed by atoms with van der Waals surface area (Å²) in [6, 6.07) is 20.3. The van der Waals surface area contributed by atoms with Gasteiger partial charge in [0, 0.05) is 29.3 Å². The molecule has 0 amide bonds. The number of para-hydroxylation sites is 1. The summed E-state index contributed by atoms with van der Waals surface area (Å²) in [7, 11) is 0. The van der Waals surface area contributed by atoms with Gasteiger partial charge in [-0.2, -0.15) is 0 Å². The van der Waals surface area contributed by atoms with Crippen LogP contribution in [0, 0.1) is 0 Å². The Balaban J connectivity index is 1.71. The lowest BCUT2D eigenvalue weighted by atomic mass is 10.0. The SMILES string of the molecule is CCCCc1cn(Cc2ccc(-c3ccccc3OC(=O)O)cc2)c2cc(CO)ccc2c1=O. The molecule has 3 aromatic carbocycles. The summed E-state index contributed by atoms with van der Waals surface area (Å²) in [5.41, 5.74) is 4.96. The zero-order valence-electron chi connectivity index (χ0n) is 19.0. The number of rotatable bonds is 8. The van der Waals surface area contributed by atoms with Crippen LogP contribution < -0.4 is 10.2 Å². The van der Waals surface area contributed by atoms with Crippen molar-refractivity contribution < 1.29 is 19.7 Å². The number of hydrogen-bond donors (Lipinski definition) is 2. The number of fused-ring (bicyclic) bond motifs is 1. The topological polar surface area (TPSA) is 88.8 Å². The van der Waals surface area contributed by atoms with E-state index in [1.165, 1.54) is 0 Å². The predicted molar refractivity (Wildman–Crippen MR) is 132 cm³/mol. The van der Waals surface area contributed by atoms with E-state index in [9.17, 15) is 14.7 Å². The Morgan fingerprint density at radius 2 is 1.74 bits per heavy atom. The van der Waals surface area contributed by atoms with Gasteiger partial charge >= 0.3 is 6.16 Å². The molecule has 6 heteroatoms. The number of aromatic nitrogens is 1. The highest BCUT2D eigenvalue weighted by Crippen LogP contribution is 2.30. The second-order valence-corrected chi connectivity index (χ2v) is 8.29. The van der Waals surface area contributed by atoms with E-state index in [1.54, 1.807) is 24.3 Å². The van der Waals surface area contributed by atoms with Gasteiger partial charge in [0.1, 0.15) is 5.75 Å². The molecule has 0 saturated carbocycles. The van der Waals surface area contributed by atoms with Gasteiger partial charge in [0.2, 0.25) is 0 Å². The Labute approximate surface area is 197 Å². The maximum Gasteiger partial charge on any atom is 0.511 e. The van der Waals surface area contributed by atoms with Crippen LogP contribution in [0.2, 0.25) is 0 Å². The van der Waals surface area contributed by atoms with Crippen LogP contribution in [0.1, 0.15) is 36.5 Å². The molecule has 2 N–H and O–H groups in total. The highest BCUT2D eigenvalue weighted by atomic mass is 16.7. The summed E-state index contributed by atoms with van der Waals surface area (Å²) in [5, 5.41) is 19.3. The Kier molecular flexibility index (Phi) is 7.09. The normalized spacial score (nSPS) is 11.0. The minimum atomic E-state index is -1.35. The van der Waals surface area contributed by atoms with E-state index in [0.717, 1.165) is 47.0 Å². The fourth-order valence-corrected chi connectivity index (χ4v) is 4.15. The van der Waals surface area contributed by atoms with Gasteiger partial charge in [-0.15, -0.1) is 0 Å². The van der Waals surface area contributed by atoms with Crippen molar-refractivity contribution in [2.75, 3.05) is 0 Å². The standard InChI is InChI=1S/C28H27NO5/c1-2-3-6-22-17-29(25-15-20(18-30)11-14-24(25)27(22)31)16-19-9-12-21(13-10-19)23-7-4-5-8-26(23)34-28(32)33/h4-5,7-15,17,30H,2-3,6,16,18H2,1H3,(H,32,33). The Hall–Kier alpha value is -3.90. The van der Waals surface area contributed by atoms with Crippen molar-refractivity contribution >= 4 is 17.1 Å². The monoisotopic (exact) mass is 457 g/mol. The van der Waals surface area contributed by atoms with Crippen LogP contribution in [0.5, 0.6) is 5.75 Å². The van der Waals surface area contributed by atoms with Crippen LogP contribution in [0.25, 0.3) is 22.0 Å². The average Bonchev–Trinajstić information content (AvgIpc) is 2.85. The molecule has 0 aliphatic carbocycles. The van der Waals surface area contributed by atoms with Crippen LogP contribution in [0.3, 0.4) is 0 Å². The van der Waals surface area contributed by atoms with Crippen molar-refractivity contribution in [2.45, 2.75) is 39.3 Å². The molecular weight excluding hydrogens is 430 g/mol. The number of unbranched alkanes of at least 4 members (excludes halogenated alkanes) is 1. The van der Waals surface area contributed by atoms with Gasteiger partial charge in [-0.3, -0.25) is 4.79 Å². The minimum Gasteiger partial charge on any atom is -0.449 e. The molecule has 0 atom stereocenters. The van der Waals surface area contributed by atoms with Gasteiger partial charge in [0.25, 0.3) is 0 Å². The third-order valence-corrected chi connectivity index (χ3v) is 5.90. The third-order valence-electron chi connectivity index (χ3n) is 5.90. The Morgan fingerprint density at radius 3 is 2.44 bits per heavy atom. The van der Waals surface area contributed by atoms with Gasteiger partial charge in [0.15, 0.2) is 5.43 Å². The van der Waals surface area contributed by atoms with Crippen LogP contribution >= 0.6 is 0 Å². The van der Waals surface area contributed by atoms with E-state index in [0.29, 0.717) is 17.5 Å². The zero-order valence-corrected chi connectivity index (χ0v) is 19.0. The number of nitrogens with zero attached hydrogens (tertiary/aromatic N) is 1. The van der Waals surface area contributed by atoms with Crippen LogP contribution in [0.15, 0.2) is 77.7 Å². The second-order valence-electron chi connectivity index (χ2n) is 8.29. The summed E-state index contributed by atoms with van der Waals surface area (Å²) < 4.78 is 6.98. The molecule has 0 bridgehead atoms. The number of aliphatic hydroxyl groups is 1. The van der Waals surface area contributed by atoms with Crippen molar-refractivity contribution in [3.8, 4) is 16.9 Å². The molecule has 174 valence electrons. The van der Waals surface area contributed by atoms with Crippen LogP contribution in [0.4, 0.5) is 4.79 Å². The lowest BCUT2D eigenvalue weighted by Crippen LogP contribution is -2.16. The van der Waals surface area contributed by atoms with E-state index in [4.69, 9.17) is 9.84 Å². The fraction of sp³-hybridized carbons (Fsp3) is 0.214. The summed E-state index contributed by atoms with van der Waals surface area (Å²) in [4.78, 5) is 24.0. The zero-order chi connectivity index (χ0) is 24.1. The molecule has 0 fully saturated rings. The molecule has 1 aromatic heterocycles. The molecule has 0 radical (unpaired) electrons. The second kappa shape index (κ2) is 10.4. The smallest absolute Gasteiger partial charge is 0.449 e. The molecule has 0 aliphatic heterocycles. The first kappa shape index (κ1) is 23.3. The van der Waals surface area contributed by atoms with E-state index in [1.807, 2.05) is 48.7 Å². The molecule has 6 nitrogen and oxygen atoms in total. The van der Waals surface area contributed by atoms with Crippen LogP contribution in [-0.4, -0.2) is 20.9 Å². The molecule has 1 heterocycles. The highest BCUT2D eigenvalue weighted by Gasteiger charge is 2.12. The summed E-state index contributed by atoms with van der Waals surface area (Å²) >= 11 is 0. The van der Waals surface area contributed by atoms with E-state index in [2.05, 4.69) is 11.5 Å². The maximum atomic E-state index is 13.0. The van der Waals surface area contributed by atoms with Crippen molar-refractivity contribution in [1.29, 1.82) is 0 Å². The molecule has 34 heavy (non-hydrogen) atoms. The largest absolute Gasteiger partial charge is 0.511 e. The number of aliphatic hydroxyl groups excluding tert-OH is 1. The summed E-state index contributed by atoms with van der Waals surface area (Å²) in [5.74, 6) is 0.284. The highest BCUT2D eigenvalue weighted by molar-refractivity contribution is 5.80. The summed E-state index contributed by atoms with van der Waals surface area (Å²) in [6.45, 7) is 2.57. The number of pyridine rings is 1. The van der Waals surface area contributed by atoms with E-state index >= 15 is 0 Å². The quantitative estimate of drug-likeness (QED) is 0.265. The number of carboxylic acid groups (broad SMARTS) is 1. The molecule has 0 saturated heterocycles. The molecular formula is C28H27NO5. The van der Waals surface area contributed by atoms with Crippen molar-refractivity contribution in [3.05, 3.63) is 99.8 Å². The fourth-order valence-electron chi connectivity index (χ4n) is 4.15. The minimum absolute atomic E-state index is 0.0505. The van der Waals surface area contributed by atoms with Crippen LogP contribution in [-0.2, 0) is 19.6 Å². The predicted octanol–water partition coefficient (Wildman–Crippen LogP) is 5.61. The number of hydrogen-bond acceptors (Lipinski definition) is 4. The number of benzene rings is 3. The number of carbonyl (C=O) groups is 1. The van der Waals surface area contributed by atoms with Gasteiger partial charge < -0.3 is 19.5 Å². The first-order valence-electron chi connectivity index (χ1n) is 11.3. The van der Waals surface area contributed by atoms with E-state index in [-0.39, 0.29) is 17.8 Å². The van der Waals surface area contributed by atoms with Gasteiger partial charge in [-0.05, 0) is 47.7 Å². The van der Waals surface area contributed by atoms with Gasteiger partial charge in [-0.1, -0.05) is 61.9 Å². The lowest BCUT2D eigenvalue weighted by molar-refractivity contribution is 0.144. The van der Waals surface area contributed by atoms with E-state index < -0.39 is 6.16 Å². The molecule has 0 spiro atoms. The Morgan fingerprint density at radius 1 is 1.00 bits per heavy atom. The maximum absolute atomic E-state index is 13.0. The van der Waals surface area contributed by atoms with Crippen molar-refractivity contribution in [2.24, 2.45) is 0 Å². The number of ether oxygens (including phenoxy) is 1. The summed E-state index contributed by atoms with van der Waals surface area (Å²) in [6.07, 6.45) is 3.27. The van der Waals surface area contributed by atoms with Gasteiger partial charge in [-0.25, -0.2) is 4.79 Å². The molecule has 4 aromatic rings. The van der Waals surface area contributed by atoms with Crippen molar-refractivity contribution in [3.63, 3.8) is 0 Å². The first-order chi connectivity index (χ1) is 16.5. The van der Waals surface area contributed by atoms with Gasteiger partial charge in [0.05, 0.1) is 12.1 Å². The Bertz CT molecular complexity index is 1370. The molecule has 0 aliphatic rings. The molecule has 4 rings (SSSR count).